The van der Waals surface area contributed by atoms with E-state index in [-0.39, 0.29) is 0 Å². The summed E-state index contributed by atoms with van der Waals surface area (Å²) in [6.07, 6.45) is 0. The van der Waals surface area contributed by atoms with Crippen LogP contribution in [-0.4, -0.2) is 48.6 Å². The predicted octanol–water partition coefficient (Wildman–Crippen LogP) is 30.3. The van der Waals surface area contributed by atoms with Crippen LogP contribution in [0.2, 0.25) is 0 Å². The van der Waals surface area contributed by atoms with E-state index in [2.05, 4.69) is 317 Å². The van der Waals surface area contributed by atoms with Crippen molar-refractivity contribution in [2.24, 2.45) is 0 Å². The third kappa shape index (κ3) is 12.6. The van der Waals surface area contributed by atoms with Crippen molar-refractivity contribution >= 4 is 163 Å². The lowest BCUT2D eigenvalue weighted by Crippen LogP contribution is -2.00. The lowest BCUT2D eigenvalue weighted by molar-refractivity contribution is 0.669. The van der Waals surface area contributed by atoms with E-state index in [0.717, 1.165) is 172 Å². The first-order valence-electron chi connectivity index (χ1n) is 42.8. The molecule has 0 saturated heterocycles. The first-order valence-corrected chi connectivity index (χ1v) is 43.6. The van der Waals surface area contributed by atoms with Crippen LogP contribution >= 0.6 is 11.3 Å². The Morgan fingerprint density at radius 1 is 0.172 bits per heavy atom. The summed E-state index contributed by atoms with van der Waals surface area (Å²) in [5, 5.41) is 16.4. The van der Waals surface area contributed by atoms with Gasteiger partial charge in [-0.3, -0.25) is 0 Å². The van der Waals surface area contributed by atoms with Gasteiger partial charge in [0.05, 0.1) is 55.5 Å². The highest BCUT2D eigenvalue weighted by atomic mass is 32.1. The van der Waals surface area contributed by atoms with Gasteiger partial charge < -0.3 is 22.5 Å². The third-order valence-electron chi connectivity index (χ3n) is 24.6. The number of benzene rings is 18. The van der Waals surface area contributed by atoms with Crippen molar-refractivity contribution in [2.75, 3.05) is 0 Å². The normalized spacial score (nSPS) is 11.8. The summed E-state index contributed by atoms with van der Waals surface area (Å²) in [6, 6.07) is 148. The number of thiophene rings is 1. The minimum absolute atomic E-state index is 0.637. The fraction of sp³-hybridized carbons (Fsp3) is 0. The molecule has 598 valence electrons. The highest BCUT2D eigenvalue weighted by Gasteiger charge is 2.24. The molecular formula is C115H70N10O2S. The molecule has 12 nitrogen and oxygen atoms in total. The molecule has 27 aromatic rings. The number of hydrogen-bond acceptors (Lipinski definition) is 10. The summed E-state index contributed by atoms with van der Waals surface area (Å²) in [7, 11) is 0. The van der Waals surface area contributed by atoms with Crippen LogP contribution in [0.1, 0.15) is 0 Å². The van der Waals surface area contributed by atoms with Gasteiger partial charge in [-0.1, -0.05) is 291 Å². The number of aromatic nitrogens is 10. The monoisotopic (exact) mass is 1650 g/mol. The molecule has 0 saturated carbocycles. The van der Waals surface area contributed by atoms with Crippen LogP contribution < -0.4 is 0 Å². The average Bonchev–Trinajstić information content (AvgIpc) is 1.57. The van der Waals surface area contributed by atoms with Crippen LogP contribution in [0.25, 0.3) is 248 Å². The minimum Gasteiger partial charge on any atom is -0.456 e. The molecule has 9 aromatic heterocycles. The Bertz CT molecular complexity index is 8680. The molecule has 18 aromatic carbocycles. The van der Waals surface area contributed by atoms with Gasteiger partial charge in [-0.15, -0.1) is 11.3 Å². The van der Waals surface area contributed by atoms with Crippen molar-refractivity contribution in [3.8, 4) is 96.5 Å². The molecular weight excluding hydrogens is 1590 g/mol. The summed E-state index contributed by atoms with van der Waals surface area (Å²) in [4.78, 5) is 35.0. The Balaban J connectivity index is 0.000000104. The van der Waals surface area contributed by atoms with Gasteiger partial charge in [-0.2, -0.15) is 0 Å². The summed E-state index contributed by atoms with van der Waals surface area (Å²) in [6.45, 7) is 0. The number of furan rings is 2. The Labute approximate surface area is 736 Å². The van der Waals surface area contributed by atoms with Gasteiger partial charge in [0.25, 0.3) is 0 Å². The van der Waals surface area contributed by atoms with Crippen molar-refractivity contribution in [3.05, 3.63) is 425 Å². The average molecular weight is 1660 g/mol. The molecule has 0 spiro atoms. The van der Waals surface area contributed by atoms with Gasteiger partial charge in [0, 0.05) is 141 Å². The summed E-state index contributed by atoms with van der Waals surface area (Å²) < 4.78 is 22.2. The van der Waals surface area contributed by atoms with E-state index in [9.17, 15) is 0 Å². The summed E-state index contributed by atoms with van der Waals surface area (Å²) >= 11 is 1.86. The summed E-state index contributed by atoms with van der Waals surface area (Å²) in [5.41, 5.74) is 24.5. The van der Waals surface area contributed by atoms with Crippen molar-refractivity contribution in [2.45, 2.75) is 0 Å². The molecule has 9 heterocycles. The molecule has 0 fully saturated rings. The van der Waals surface area contributed by atoms with Crippen LogP contribution in [0, 0.1) is 0 Å². The van der Waals surface area contributed by atoms with E-state index in [0.29, 0.717) is 23.3 Å². The molecule has 13 heteroatoms. The fourth-order valence-electron chi connectivity index (χ4n) is 18.7. The van der Waals surface area contributed by atoms with Gasteiger partial charge in [0.15, 0.2) is 29.1 Å². The Morgan fingerprint density at radius 2 is 0.508 bits per heavy atom. The van der Waals surface area contributed by atoms with Crippen LogP contribution in [0.15, 0.2) is 433 Å². The van der Waals surface area contributed by atoms with E-state index in [1.165, 1.54) is 52.8 Å². The number of nitrogens with zero attached hydrogens (tertiary/aromatic N) is 10. The van der Waals surface area contributed by atoms with E-state index in [1.54, 1.807) is 0 Å². The summed E-state index contributed by atoms with van der Waals surface area (Å²) in [5.74, 6) is 3.37. The van der Waals surface area contributed by atoms with Crippen LogP contribution in [0.3, 0.4) is 0 Å². The van der Waals surface area contributed by atoms with E-state index in [1.807, 2.05) is 133 Å². The molecule has 27 rings (SSSR count). The number of hydrogen-bond donors (Lipinski definition) is 0. The van der Waals surface area contributed by atoms with Gasteiger partial charge in [-0.05, 0) is 133 Å². The van der Waals surface area contributed by atoms with Crippen molar-refractivity contribution in [1.82, 2.24) is 48.6 Å². The fourth-order valence-corrected chi connectivity index (χ4v) is 19.8. The highest BCUT2D eigenvalue weighted by Crippen LogP contribution is 2.45. The SMILES string of the molecule is c1ccc(-c2nc(-c3cccc(-n4c5ccccc5c5cc6oc7ccccc7c6cc54)c3)nc3ccccc23)cc1.c1ccc(-c2nc(-c3cccc(-n4c5ccccc5c5cc6sc7ccccc7c6cc54)c3)nc3ccccc23)cc1.c1ccc(-c2nc(-c3ccccc3)nc(-c3ccc(-n4c5ccccc5c5cc6oc7ccccc7c6cc54)cc3)n2)cc1. The number of fused-ring (bicyclic) bond motifs is 20. The zero-order valence-corrected chi connectivity index (χ0v) is 69.4. The van der Waals surface area contributed by atoms with Crippen molar-refractivity contribution in [1.29, 1.82) is 0 Å². The zero-order valence-electron chi connectivity index (χ0n) is 68.6. The van der Waals surface area contributed by atoms with E-state index >= 15 is 0 Å². The molecule has 0 radical (unpaired) electrons. The second-order valence-corrected chi connectivity index (χ2v) is 33.3. The maximum absolute atomic E-state index is 6.26. The molecule has 0 aliphatic rings. The molecule has 0 unspecified atom stereocenters. The lowest BCUT2D eigenvalue weighted by atomic mass is 10.1. The molecule has 0 amide bonds. The van der Waals surface area contributed by atoms with Gasteiger partial charge in [-0.25, -0.2) is 34.9 Å². The number of para-hydroxylation sites is 7. The zero-order chi connectivity index (χ0) is 84.3. The van der Waals surface area contributed by atoms with Gasteiger partial charge >= 0.3 is 0 Å². The highest BCUT2D eigenvalue weighted by molar-refractivity contribution is 7.25. The Morgan fingerprint density at radius 3 is 0.961 bits per heavy atom. The Kier molecular flexibility index (Phi) is 17.5. The molecule has 0 bridgehead atoms. The van der Waals surface area contributed by atoms with E-state index in [4.69, 9.17) is 43.7 Å². The molecule has 0 aliphatic carbocycles. The second kappa shape index (κ2) is 30.4. The molecule has 0 N–H and O–H groups in total. The molecule has 128 heavy (non-hydrogen) atoms. The largest absolute Gasteiger partial charge is 0.456 e. The first-order chi connectivity index (χ1) is 63.4. The maximum atomic E-state index is 6.26. The van der Waals surface area contributed by atoms with E-state index < -0.39 is 0 Å². The Hall–Kier alpha value is -17.1. The van der Waals surface area contributed by atoms with Crippen molar-refractivity contribution in [3.63, 3.8) is 0 Å². The standard InChI is InChI=1S/C39H24N4O.C38H23N3O.C38H23N3S/c1-3-11-25(12-4-1)37-40-38(26-13-5-2-6-14-26)42-39(41-37)27-19-21-28(22-20-27)43-33-17-9-7-15-29(33)31-24-36-32(23-34(31)43)30-16-8-10-18-35(30)44-36;2*1-2-11-24(12-3-1)37-29-17-4-7-18-32(29)39-38(40-37)25-13-10-14-26(21-25)41-33-19-8-5-15-27(33)30-23-36-31(22-34(30)41)28-16-6-9-20-35(28)42-36/h1-24H;2*1-23H. The predicted molar refractivity (Wildman–Crippen MR) is 527 cm³/mol. The van der Waals surface area contributed by atoms with Gasteiger partial charge in [0.1, 0.15) is 22.3 Å². The third-order valence-corrected chi connectivity index (χ3v) is 25.8. The smallest absolute Gasteiger partial charge is 0.164 e. The topological polar surface area (TPSA) is 131 Å². The molecule has 0 aliphatic heterocycles. The maximum Gasteiger partial charge on any atom is 0.164 e. The lowest BCUT2D eigenvalue weighted by Gasteiger charge is -2.12. The van der Waals surface area contributed by atoms with Crippen LogP contribution in [0.4, 0.5) is 0 Å². The quantitative estimate of drug-likeness (QED) is 0.131. The van der Waals surface area contributed by atoms with Crippen molar-refractivity contribution < 1.29 is 8.83 Å². The van der Waals surface area contributed by atoms with Crippen LogP contribution in [-0.2, 0) is 0 Å². The van der Waals surface area contributed by atoms with Gasteiger partial charge in [0.2, 0.25) is 0 Å². The number of rotatable bonds is 10. The second-order valence-electron chi connectivity index (χ2n) is 32.2. The first kappa shape index (κ1) is 73.6. The van der Waals surface area contributed by atoms with Crippen LogP contribution in [0.5, 0.6) is 0 Å². The minimum atomic E-state index is 0.637. The molecule has 0 atom stereocenters.